The number of aromatic nitrogens is 3. The van der Waals surface area contributed by atoms with Gasteiger partial charge in [-0.25, -0.2) is 9.97 Å². The van der Waals surface area contributed by atoms with Crippen molar-refractivity contribution in [1.82, 2.24) is 14.3 Å². The minimum atomic E-state index is -0.884. The molecule has 9 heteroatoms. The summed E-state index contributed by atoms with van der Waals surface area (Å²) in [5, 5.41) is 0. The van der Waals surface area contributed by atoms with Crippen molar-refractivity contribution in [3.63, 3.8) is 0 Å². The quantitative estimate of drug-likeness (QED) is 0.253. The second-order valence-electron chi connectivity index (χ2n) is 10.8. The molecule has 0 unspecified atom stereocenters. The zero-order valence-electron chi connectivity index (χ0n) is 22.7. The van der Waals surface area contributed by atoms with Crippen LogP contribution in [0.4, 0.5) is 5.82 Å². The van der Waals surface area contributed by atoms with Crippen LogP contribution in [0.3, 0.4) is 0 Å². The van der Waals surface area contributed by atoms with Gasteiger partial charge in [-0.15, -0.1) is 0 Å². The van der Waals surface area contributed by atoms with Gasteiger partial charge in [0.1, 0.15) is 58.1 Å². The zero-order valence-corrected chi connectivity index (χ0v) is 23.5. The van der Waals surface area contributed by atoms with Gasteiger partial charge in [0.05, 0.1) is 6.61 Å². The van der Waals surface area contributed by atoms with Gasteiger partial charge in [-0.3, -0.25) is 0 Å². The molecule has 41 heavy (non-hydrogen) atoms. The first-order chi connectivity index (χ1) is 20.0. The van der Waals surface area contributed by atoms with E-state index in [1.165, 1.54) is 17.9 Å². The number of nitrogens with two attached hydrogens (primary N) is 1. The van der Waals surface area contributed by atoms with Crippen molar-refractivity contribution in [2.75, 3.05) is 12.3 Å². The topological polar surface area (TPSA) is 102 Å². The first-order valence-electron chi connectivity index (χ1n) is 13.6. The molecule has 208 valence electrons. The minimum Gasteiger partial charge on any atom is -0.382 e. The summed E-state index contributed by atoms with van der Waals surface area (Å²) in [4.78, 5) is 8.59. The van der Waals surface area contributed by atoms with E-state index in [1.807, 2.05) is 68.4 Å². The van der Waals surface area contributed by atoms with E-state index in [-0.39, 0.29) is 18.8 Å². The van der Waals surface area contributed by atoms with Crippen LogP contribution in [-0.2, 0) is 24.5 Å². The van der Waals surface area contributed by atoms with E-state index in [2.05, 4.69) is 46.4 Å². The number of benzene rings is 3. The predicted molar refractivity (Wildman–Crippen MR) is 156 cm³/mol. The number of hydrogen-bond acceptors (Lipinski definition) is 9. The molecule has 2 saturated heterocycles. The lowest BCUT2D eigenvalue weighted by molar-refractivity contribution is -0.196. The van der Waals surface area contributed by atoms with Crippen LogP contribution in [0.5, 0.6) is 0 Å². The maximum atomic E-state index is 7.10. The molecular formula is C32H30N4O4S. The van der Waals surface area contributed by atoms with Crippen LogP contribution in [0.1, 0.15) is 42.3 Å². The number of rotatable bonds is 7. The van der Waals surface area contributed by atoms with Crippen LogP contribution >= 0.6 is 11.5 Å². The monoisotopic (exact) mass is 566 g/mol. The van der Waals surface area contributed by atoms with Gasteiger partial charge in [0.15, 0.2) is 5.79 Å². The van der Waals surface area contributed by atoms with E-state index < -0.39 is 23.6 Å². The molecule has 2 aliphatic heterocycles. The summed E-state index contributed by atoms with van der Waals surface area (Å²) in [5.74, 6) is -0.388. The molecule has 2 N–H and O–H groups in total. The summed E-state index contributed by atoms with van der Waals surface area (Å²) in [6.07, 6.45) is -0.242. The fourth-order valence-corrected chi connectivity index (χ4v) is 6.77. The Bertz CT molecular complexity index is 1550. The van der Waals surface area contributed by atoms with E-state index in [9.17, 15) is 0 Å². The fourth-order valence-electron chi connectivity index (χ4n) is 6.00. The van der Waals surface area contributed by atoms with Crippen molar-refractivity contribution in [2.24, 2.45) is 0 Å². The van der Waals surface area contributed by atoms with E-state index in [0.29, 0.717) is 17.0 Å². The average Bonchev–Trinajstić information content (AvgIpc) is 3.67. The molecule has 0 radical (unpaired) electrons. The van der Waals surface area contributed by atoms with E-state index in [1.54, 1.807) is 0 Å². The fraction of sp³-hybridized carbons (Fsp3) is 0.281. The molecule has 5 aromatic rings. The highest BCUT2D eigenvalue weighted by molar-refractivity contribution is 7.14. The standard InChI is InChI=1S/C32H30N4O4S/c1-31(2)39-26-23(38-27(28(26)40-31)24-25-29(41-36-24)30(33)35-19-34-25)18-37-32(20-12-6-3-7-13-20,21-14-8-4-9-15-21)22-16-10-5-11-17-22/h3-17,19,23,26-28H,18H2,1-2H3,(H2,33,34,35)/t23-,26-,27-,28-/m1/s1. The number of hydrogen-bond donors (Lipinski definition) is 1. The van der Waals surface area contributed by atoms with Crippen molar-refractivity contribution in [3.05, 3.63) is 120 Å². The average molecular weight is 567 g/mol. The molecular weight excluding hydrogens is 536 g/mol. The lowest BCUT2D eigenvalue weighted by atomic mass is 9.80. The minimum absolute atomic E-state index is 0.245. The zero-order chi connectivity index (χ0) is 28.0. The molecule has 2 aliphatic rings. The molecule has 8 nitrogen and oxygen atoms in total. The number of fused-ring (bicyclic) bond motifs is 2. The normalized spacial score (nSPS) is 23.6. The Balaban J connectivity index is 1.28. The summed E-state index contributed by atoms with van der Waals surface area (Å²) in [5.41, 5.74) is 9.63. The third-order valence-electron chi connectivity index (χ3n) is 7.73. The van der Waals surface area contributed by atoms with Crippen LogP contribution in [0, 0.1) is 0 Å². The lowest BCUT2D eigenvalue weighted by Crippen LogP contribution is -2.39. The molecule has 0 saturated carbocycles. The first kappa shape index (κ1) is 26.2. The molecule has 0 bridgehead atoms. The number of nitrogens with zero attached hydrogens (tertiary/aromatic N) is 3. The molecule has 3 aromatic carbocycles. The van der Waals surface area contributed by atoms with E-state index in [0.717, 1.165) is 21.4 Å². The van der Waals surface area contributed by atoms with Crippen molar-refractivity contribution >= 4 is 27.6 Å². The third kappa shape index (κ3) is 4.50. The molecule has 0 amide bonds. The van der Waals surface area contributed by atoms with Crippen LogP contribution in [0.15, 0.2) is 97.3 Å². The van der Waals surface area contributed by atoms with Gasteiger partial charge < -0.3 is 24.7 Å². The summed E-state index contributed by atoms with van der Waals surface area (Å²) >= 11 is 1.26. The Hall–Kier alpha value is -3.73. The number of anilines is 1. The highest BCUT2D eigenvalue weighted by Crippen LogP contribution is 2.48. The molecule has 2 aromatic heterocycles. The van der Waals surface area contributed by atoms with Crippen molar-refractivity contribution in [1.29, 1.82) is 0 Å². The molecule has 7 rings (SSSR count). The number of nitrogen functional groups attached to an aromatic ring is 1. The van der Waals surface area contributed by atoms with Crippen molar-refractivity contribution in [3.8, 4) is 0 Å². The smallest absolute Gasteiger partial charge is 0.164 e. The summed E-state index contributed by atoms with van der Waals surface area (Å²) < 4.78 is 32.0. The Labute approximate surface area is 242 Å². The van der Waals surface area contributed by atoms with Gasteiger partial charge in [-0.1, -0.05) is 91.0 Å². The second kappa shape index (κ2) is 10.3. The maximum Gasteiger partial charge on any atom is 0.164 e. The van der Waals surface area contributed by atoms with Crippen molar-refractivity contribution in [2.45, 2.75) is 49.7 Å². The summed E-state index contributed by atoms with van der Waals surface area (Å²) in [6, 6.07) is 30.9. The Morgan fingerprint density at radius 3 is 1.98 bits per heavy atom. The SMILES string of the molecule is CC1(C)O[C@@H]2[C@H](O1)[C@@H](COC(c1ccccc1)(c1ccccc1)c1ccccc1)O[C@@H]2c1nsc2c(N)ncnc12. The van der Waals surface area contributed by atoms with Gasteiger partial charge in [0.25, 0.3) is 0 Å². The molecule has 4 atom stereocenters. The largest absolute Gasteiger partial charge is 0.382 e. The summed E-state index contributed by atoms with van der Waals surface area (Å²) in [6.45, 7) is 4.08. The molecule has 0 aliphatic carbocycles. The predicted octanol–water partition coefficient (Wildman–Crippen LogP) is 5.64. The Morgan fingerprint density at radius 1 is 0.829 bits per heavy atom. The molecule has 0 spiro atoms. The highest BCUT2D eigenvalue weighted by Gasteiger charge is 2.57. The van der Waals surface area contributed by atoms with Crippen LogP contribution in [0.2, 0.25) is 0 Å². The van der Waals surface area contributed by atoms with Crippen LogP contribution < -0.4 is 5.73 Å². The van der Waals surface area contributed by atoms with Gasteiger partial charge in [-0.05, 0) is 42.1 Å². The van der Waals surface area contributed by atoms with Crippen LogP contribution in [0.25, 0.3) is 10.2 Å². The first-order valence-corrected chi connectivity index (χ1v) is 14.4. The van der Waals surface area contributed by atoms with Gasteiger partial charge in [0.2, 0.25) is 0 Å². The molecule has 4 heterocycles. The van der Waals surface area contributed by atoms with E-state index >= 15 is 0 Å². The Kier molecular flexibility index (Phi) is 6.56. The van der Waals surface area contributed by atoms with Gasteiger partial charge in [0, 0.05) is 0 Å². The van der Waals surface area contributed by atoms with Crippen LogP contribution in [-0.4, -0.2) is 45.0 Å². The third-order valence-corrected chi connectivity index (χ3v) is 8.61. The van der Waals surface area contributed by atoms with Gasteiger partial charge >= 0.3 is 0 Å². The summed E-state index contributed by atoms with van der Waals surface area (Å²) in [7, 11) is 0. The number of ether oxygens (including phenoxy) is 4. The lowest BCUT2D eigenvalue weighted by Gasteiger charge is -2.37. The molecule has 2 fully saturated rings. The maximum absolute atomic E-state index is 7.10. The van der Waals surface area contributed by atoms with Crippen molar-refractivity contribution < 1.29 is 18.9 Å². The second-order valence-corrected chi connectivity index (χ2v) is 11.5. The van der Waals surface area contributed by atoms with Gasteiger partial charge in [-0.2, -0.15) is 4.37 Å². The highest BCUT2D eigenvalue weighted by atomic mass is 32.1. The Morgan fingerprint density at radius 2 is 1.39 bits per heavy atom. The van der Waals surface area contributed by atoms with E-state index in [4.69, 9.17) is 29.1 Å².